The molecule has 2 aliphatic heterocycles. The average Bonchev–Trinajstić information content (AvgIpc) is 3.04. The van der Waals surface area contributed by atoms with Crippen molar-refractivity contribution in [2.75, 3.05) is 11.4 Å². The molecule has 2 aliphatic rings. The highest BCUT2D eigenvalue weighted by atomic mass is 35.5. The molecule has 3 aromatic rings. The highest BCUT2D eigenvalue weighted by Gasteiger charge is 2.43. The van der Waals surface area contributed by atoms with Crippen molar-refractivity contribution in [3.63, 3.8) is 0 Å². The van der Waals surface area contributed by atoms with E-state index in [1.165, 1.54) is 22.6 Å². The number of anilines is 1. The molecule has 160 valence electrons. The van der Waals surface area contributed by atoms with Crippen LogP contribution in [0.25, 0.3) is 5.57 Å². The Morgan fingerprint density at radius 2 is 1.62 bits per heavy atom. The fourth-order valence-corrected chi connectivity index (χ4v) is 4.69. The first kappa shape index (κ1) is 20.5. The third-order valence-electron chi connectivity index (χ3n) is 6.04. The van der Waals surface area contributed by atoms with Gasteiger partial charge in [0.2, 0.25) is 0 Å². The fourth-order valence-electron chi connectivity index (χ4n) is 4.46. The third-order valence-corrected chi connectivity index (χ3v) is 6.27. The number of nitrogens with zero attached hydrogens (tertiary/aromatic N) is 2. The highest BCUT2D eigenvalue weighted by Crippen LogP contribution is 2.38. The normalized spacial score (nSPS) is 16.1. The zero-order chi connectivity index (χ0) is 22.4. The summed E-state index contributed by atoms with van der Waals surface area (Å²) in [5.41, 5.74) is 4.77. The molecule has 2 heterocycles. The molecule has 0 spiro atoms. The van der Waals surface area contributed by atoms with Gasteiger partial charge in [-0.25, -0.2) is 9.29 Å². The first-order valence-electron chi connectivity index (χ1n) is 10.4. The lowest BCUT2D eigenvalue weighted by Gasteiger charge is -2.31. The van der Waals surface area contributed by atoms with Crippen molar-refractivity contribution in [2.45, 2.75) is 19.9 Å². The molecule has 2 amide bonds. The molecular formula is C26H20ClFN2O2. The number of rotatable bonds is 3. The minimum atomic E-state index is -0.416. The van der Waals surface area contributed by atoms with E-state index in [-0.39, 0.29) is 5.91 Å². The first-order valence-corrected chi connectivity index (χ1v) is 10.8. The van der Waals surface area contributed by atoms with Gasteiger partial charge in [-0.1, -0.05) is 48.0 Å². The van der Waals surface area contributed by atoms with Gasteiger partial charge in [-0.15, -0.1) is 0 Å². The van der Waals surface area contributed by atoms with Gasteiger partial charge in [-0.05, 0) is 65.9 Å². The molecule has 0 atom stereocenters. The Kier molecular flexibility index (Phi) is 5.06. The van der Waals surface area contributed by atoms with E-state index in [1.54, 1.807) is 30.3 Å². The summed E-state index contributed by atoms with van der Waals surface area (Å²) >= 11 is 6.09. The standard InChI is InChI=1S/C26H20ClFN2O2/c1-16-14-20(27)8-11-22(16)30-25(31)23(18-6-9-21(28)10-7-18)24(26(30)32)29-13-12-17-4-2-3-5-19(17)15-29/h2-11,14H,12-13,15H2,1H3. The van der Waals surface area contributed by atoms with E-state index < -0.39 is 11.7 Å². The quantitative estimate of drug-likeness (QED) is 0.524. The van der Waals surface area contributed by atoms with Crippen LogP contribution < -0.4 is 4.90 Å². The largest absolute Gasteiger partial charge is 0.362 e. The number of hydrogen-bond donors (Lipinski definition) is 0. The molecule has 0 fully saturated rings. The number of amides is 2. The van der Waals surface area contributed by atoms with Gasteiger partial charge >= 0.3 is 0 Å². The lowest BCUT2D eigenvalue weighted by molar-refractivity contribution is -0.120. The summed E-state index contributed by atoms with van der Waals surface area (Å²) < 4.78 is 13.6. The summed E-state index contributed by atoms with van der Waals surface area (Å²) in [5.74, 6) is -1.19. The number of halogens is 2. The van der Waals surface area contributed by atoms with Crippen LogP contribution in [-0.4, -0.2) is 23.3 Å². The molecule has 0 N–H and O–H groups in total. The minimum absolute atomic E-state index is 0.295. The van der Waals surface area contributed by atoms with Gasteiger partial charge in [0.15, 0.2) is 0 Å². The van der Waals surface area contributed by atoms with Crippen molar-refractivity contribution in [3.05, 3.63) is 106 Å². The molecule has 0 aliphatic carbocycles. The number of carbonyl (C=O) groups is 2. The van der Waals surface area contributed by atoms with Gasteiger partial charge in [0.1, 0.15) is 11.5 Å². The Morgan fingerprint density at radius 1 is 0.906 bits per heavy atom. The highest BCUT2D eigenvalue weighted by molar-refractivity contribution is 6.45. The number of hydrogen-bond acceptors (Lipinski definition) is 3. The average molecular weight is 447 g/mol. The number of aryl methyl sites for hydroxylation is 1. The molecular weight excluding hydrogens is 427 g/mol. The van der Waals surface area contributed by atoms with Crippen molar-refractivity contribution < 1.29 is 14.0 Å². The summed E-state index contributed by atoms with van der Waals surface area (Å²) in [4.78, 5) is 30.5. The van der Waals surface area contributed by atoms with Crippen LogP contribution in [0.2, 0.25) is 5.02 Å². The predicted molar refractivity (Wildman–Crippen MR) is 123 cm³/mol. The monoisotopic (exact) mass is 446 g/mol. The summed E-state index contributed by atoms with van der Waals surface area (Å²) in [7, 11) is 0. The van der Waals surface area contributed by atoms with E-state index in [2.05, 4.69) is 6.07 Å². The Morgan fingerprint density at radius 3 is 2.34 bits per heavy atom. The fraction of sp³-hybridized carbons (Fsp3) is 0.154. The molecule has 5 rings (SSSR count). The maximum absolute atomic E-state index is 13.7. The third kappa shape index (κ3) is 3.39. The number of fused-ring (bicyclic) bond motifs is 1. The Bertz CT molecular complexity index is 1280. The number of imide groups is 1. The van der Waals surface area contributed by atoms with Crippen LogP contribution in [-0.2, 0) is 22.6 Å². The van der Waals surface area contributed by atoms with Crippen LogP contribution in [0.15, 0.2) is 72.4 Å². The Balaban J connectivity index is 1.63. The molecule has 0 unspecified atom stereocenters. The summed E-state index contributed by atoms with van der Waals surface area (Å²) in [6.45, 7) is 2.96. The van der Waals surface area contributed by atoms with E-state index >= 15 is 0 Å². The van der Waals surface area contributed by atoms with E-state index in [0.717, 1.165) is 17.5 Å². The molecule has 6 heteroatoms. The van der Waals surface area contributed by atoms with Gasteiger partial charge in [-0.3, -0.25) is 9.59 Å². The molecule has 32 heavy (non-hydrogen) atoms. The molecule has 0 radical (unpaired) electrons. The van der Waals surface area contributed by atoms with Crippen LogP contribution in [0.5, 0.6) is 0 Å². The predicted octanol–water partition coefficient (Wildman–Crippen LogP) is 5.13. The zero-order valence-electron chi connectivity index (χ0n) is 17.4. The summed E-state index contributed by atoms with van der Waals surface area (Å²) in [5, 5.41) is 0.532. The molecule has 4 nitrogen and oxygen atoms in total. The van der Waals surface area contributed by atoms with Gasteiger partial charge in [0, 0.05) is 18.1 Å². The lowest BCUT2D eigenvalue weighted by Crippen LogP contribution is -2.37. The molecule has 3 aromatic carbocycles. The van der Waals surface area contributed by atoms with Gasteiger partial charge in [-0.2, -0.15) is 0 Å². The second-order valence-electron chi connectivity index (χ2n) is 8.05. The Hall–Kier alpha value is -3.44. The number of benzene rings is 3. The molecule has 0 saturated heterocycles. The van der Waals surface area contributed by atoms with Crippen molar-refractivity contribution >= 4 is 34.7 Å². The van der Waals surface area contributed by atoms with Crippen LogP contribution in [0.3, 0.4) is 0 Å². The smallest absolute Gasteiger partial charge is 0.282 e. The van der Waals surface area contributed by atoms with Gasteiger partial charge in [0.05, 0.1) is 11.3 Å². The summed E-state index contributed by atoms with van der Waals surface area (Å²) in [6, 6.07) is 18.9. The lowest BCUT2D eigenvalue weighted by atomic mass is 9.98. The van der Waals surface area contributed by atoms with Crippen LogP contribution in [0.4, 0.5) is 10.1 Å². The second-order valence-corrected chi connectivity index (χ2v) is 8.48. The maximum atomic E-state index is 13.7. The van der Waals surface area contributed by atoms with E-state index in [0.29, 0.717) is 40.6 Å². The van der Waals surface area contributed by atoms with E-state index in [9.17, 15) is 14.0 Å². The van der Waals surface area contributed by atoms with Crippen molar-refractivity contribution in [2.24, 2.45) is 0 Å². The van der Waals surface area contributed by atoms with Crippen LogP contribution >= 0.6 is 11.6 Å². The SMILES string of the molecule is Cc1cc(Cl)ccc1N1C(=O)C(c2ccc(F)cc2)=C(N2CCc3ccccc3C2)C1=O. The minimum Gasteiger partial charge on any atom is -0.362 e. The van der Waals surface area contributed by atoms with Crippen molar-refractivity contribution in [1.82, 2.24) is 4.90 Å². The Labute approximate surface area is 190 Å². The van der Waals surface area contributed by atoms with Gasteiger partial charge in [0.25, 0.3) is 11.8 Å². The van der Waals surface area contributed by atoms with Crippen molar-refractivity contribution in [1.29, 1.82) is 0 Å². The van der Waals surface area contributed by atoms with E-state index in [1.807, 2.05) is 30.0 Å². The maximum Gasteiger partial charge on any atom is 0.282 e. The number of carbonyl (C=O) groups excluding carboxylic acids is 2. The summed E-state index contributed by atoms with van der Waals surface area (Å²) in [6.07, 6.45) is 0.776. The molecule has 0 bridgehead atoms. The molecule has 0 saturated carbocycles. The first-order chi connectivity index (χ1) is 15.4. The molecule has 0 aromatic heterocycles. The second kappa shape index (κ2) is 7.92. The van der Waals surface area contributed by atoms with Crippen LogP contribution in [0, 0.1) is 12.7 Å². The zero-order valence-corrected chi connectivity index (χ0v) is 18.2. The topological polar surface area (TPSA) is 40.6 Å². The van der Waals surface area contributed by atoms with Crippen molar-refractivity contribution in [3.8, 4) is 0 Å². The van der Waals surface area contributed by atoms with Gasteiger partial charge < -0.3 is 4.90 Å². The van der Waals surface area contributed by atoms with Crippen LogP contribution in [0.1, 0.15) is 22.3 Å². The van der Waals surface area contributed by atoms with E-state index in [4.69, 9.17) is 11.6 Å².